The number of nitriles is 1. The van der Waals surface area contributed by atoms with Crippen molar-refractivity contribution in [2.45, 2.75) is 12.8 Å². The molecule has 2 nitrogen and oxygen atoms in total. The Morgan fingerprint density at radius 1 is 1.33 bits per heavy atom. The van der Waals surface area contributed by atoms with Crippen molar-refractivity contribution in [3.8, 4) is 6.07 Å². The largest absolute Gasteiger partial charge is 0.292 e. The molecule has 5 heteroatoms. The minimum absolute atomic E-state index is 0.0709. The van der Waals surface area contributed by atoms with E-state index in [1.807, 2.05) is 19.1 Å². The quantitative estimate of drug-likeness (QED) is 0.714. The van der Waals surface area contributed by atoms with E-state index < -0.39 is 11.7 Å². The molecule has 0 spiro atoms. The lowest BCUT2D eigenvalue weighted by atomic mass is 9.91. The van der Waals surface area contributed by atoms with Gasteiger partial charge in [0.25, 0.3) is 0 Å². The molecule has 21 heavy (non-hydrogen) atoms. The molecule has 0 saturated carbocycles. The summed E-state index contributed by atoms with van der Waals surface area (Å²) < 4.78 is 13.8. The van der Waals surface area contributed by atoms with E-state index in [1.165, 1.54) is 12.1 Å². The second-order valence-corrected chi connectivity index (χ2v) is 5.93. The molecular weight excluding hydrogens is 357 g/mol. The number of nitrogens with zero attached hydrogens (tertiary/aromatic N) is 1. The maximum absolute atomic E-state index is 13.1. The molecule has 0 heterocycles. The molecule has 2 aromatic carbocycles. The van der Waals surface area contributed by atoms with Gasteiger partial charge >= 0.3 is 0 Å². The molecule has 2 rings (SSSR count). The third-order valence-electron chi connectivity index (χ3n) is 2.99. The Bertz CT molecular complexity index is 734. The molecule has 106 valence electrons. The standard InChI is InChI=1S/C16H10BrClFNO/c1-9-4-10(6-11(17)5-9)16(21)14(8-20)13-3-2-12(19)7-15(13)18/h2-7,14H,1H3. The summed E-state index contributed by atoms with van der Waals surface area (Å²) in [5, 5.41) is 9.38. The summed E-state index contributed by atoms with van der Waals surface area (Å²) in [6.45, 7) is 1.85. The van der Waals surface area contributed by atoms with Gasteiger partial charge in [-0.2, -0.15) is 5.26 Å². The normalized spacial score (nSPS) is 11.8. The summed E-state index contributed by atoms with van der Waals surface area (Å²) in [6.07, 6.45) is 0. The second kappa shape index (κ2) is 6.38. The lowest BCUT2D eigenvalue weighted by Crippen LogP contribution is -2.12. The number of hydrogen-bond donors (Lipinski definition) is 0. The van der Waals surface area contributed by atoms with Crippen LogP contribution < -0.4 is 0 Å². The van der Waals surface area contributed by atoms with E-state index in [1.54, 1.807) is 12.1 Å². The fourth-order valence-electron chi connectivity index (χ4n) is 2.05. The Kier molecular flexibility index (Phi) is 4.76. The van der Waals surface area contributed by atoms with Crippen molar-refractivity contribution in [3.63, 3.8) is 0 Å². The van der Waals surface area contributed by atoms with Crippen LogP contribution >= 0.6 is 27.5 Å². The topological polar surface area (TPSA) is 40.9 Å². The van der Waals surface area contributed by atoms with Gasteiger partial charge in [0.1, 0.15) is 11.7 Å². The van der Waals surface area contributed by atoms with Crippen LogP contribution in [0, 0.1) is 24.1 Å². The summed E-state index contributed by atoms with van der Waals surface area (Å²) in [5.41, 5.74) is 1.62. The van der Waals surface area contributed by atoms with Crippen molar-refractivity contribution in [1.82, 2.24) is 0 Å². The molecule has 0 aromatic heterocycles. The van der Waals surface area contributed by atoms with Crippen LogP contribution in [0.2, 0.25) is 5.02 Å². The minimum atomic E-state index is -1.06. The lowest BCUT2D eigenvalue weighted by molar-refractivity contribution is 0.0978. The minimum Gasteiger partial charge on any atom is -0.292 e. The van der Waals surface area contributed by atoms with Gasteiger partial charge in [-0.25, -0.2) is 4.39 Å². The summed E-state index contributed by atoms with van der Waals surface area (Å²) in [4.78, 5) is 12.5. The first kappa shape index (κ1) is 15.7. The smallest absolute Gasteiger partial charge is 0.184 e. The Hall–Kier alpha value is -1.70. The first-order valence-corrected chi connectivity index (χ1v) is 7.25. The van der Waals surface area contributed by atoms with Gasteiger partial charge < -0.3 is 0 Å². The van der Waals surface area contributed by atoms with Crippen LogP contribution in [0.25, 0.3) is 0 Å². The zero-order valence-corrected chi connectivity index (χ0v) is 13.4. The number of rotatable bonds is 3. The molecule has 0 saturated heterocycles. The van der Waals surface area contributed by atoms with E-state index in [4.69, 9.17) is 11.6 Å². The van der Waals surface area contributed by atoms with Gasteiger partial charge in [0.2, 0.25) is 0 Å². The van der Waals surface area contributed by atoms with Crippen molar-refractivity contribution >= 4 is 33.3 Å². The van der Waals surface area contributed by atoms with Crippen molar-refractivity contribution in [2.75, 3.05) is 0 Å². The van der Waals surface area contributed by atoms with Crippen molar-refractivity contribution in [2.24, 2.45) is 0 Å². The van der Waals surface area contributed by atoms with E-state index in [-0.39, 0.29) is 10.8 Å². The summed E-state index contributed by atoms with van der Waals surface area (Å²) in [5.74, 6) is -1.94. The number of Topliss-reactive ketones (excluding diaryl/α,β-unsaturated/α-hetero) is 1. The van der Waals surface area contributed by atoms with E-state index >= 15 is 0 Å². The predicted octanol–water partition coefficient (Wildman–Crippen LogP) is 5.04. The maximum atomic E-state index is 13.1. The average Bonchev–Trinajstić information content (AvgIpc) is 2.40. The van der Waals surface area contributed by atoms with Gasteiger partial charge in [0.05, 0.1) is 6.07 Å². The first-order valence-electron chi connectivity index (χ1n) is 6.08. The number of ketones is 1. The fourth-order valence-corrected chi connectivity index (χ4v) is 2.93. The molecule has 2 aromatic rings. The molecule has 0 aliphatic heterocycles. The summed E-state index contributed by atoms with van der Waals surface area (Å²) in [7, 11) is 0. The van der Waals surface area contributed by atoms with Crippen LogP contribution in [-0.4, -0.2) is 5.78 Å². The van der Waals surface area contributed by atoms with Crippen LogP contribution in [0.15, 0.2) is 40.9 Å². The zero-order chi connectivity index (χ0) is 15.6. The highest BCUT2D eigenvalue weighted by Crippen LogP contribution is 2.29. The lowest BCUT2D eigenvalue weighted by Gasteiger charge is -2.11. The molecule has 0 radical (unpaired) electrons. The molecule has 1 unspecified atom stereocenters. The Labute approximate surface area is 135 Å². The summed E-state index contributed by atoms with van der Waals surface area (Å²) in [6, 6.07) is 10.8. The summed E-state index contributed by atoms with van der Waals surface area (Å²) >= 11 is 9.27. The van der Waals surface area contributed by atoms with Crippen molar-refractivity contribution < 1.29 is 9.18 Å². The molecule has 1 atom stereocenters. The van der Waals surface area contributed by atoms with Crippen molar-refractivity contribution in [1.29, 1.82) is 5.26 Å². The van der Waals surface area contributed by atoms with E-state index in [0.717, 1.165) is 16.1 Å². The SMILES string of the molecule is Cc1cc(Br)cc(C(=O)C(C#N)c2ccc(F)cc2Cl)c1. The van der Waals surface area contributed by atoms with Gasteiger partial charge in [-0.05, 0) is 48.4 Å². The molecule has 0 aliphatic carbocycles. The molecule has 0 amide bonds. The molecule has 0 fully saturated rings. The third-order valence-corrected chi connectivity index (χ3v) is 3.78. The van der Waals surface area contributed by atoms with Gasteiger partial charge in [-0.3, -0.25) is 4.79 Å². The van der Waals surface area contributed by atoms with E-state index in [0.29, 0.717) is 11.1 Å². The van der Waals surface area contributed by atoms with Gasteiger partial charge in [0, 0.05) is 15.1 Å². The van der Waals surface area contributed by atoms with E-state index in [9.17, 15) is 14.4 Å². The van der Waals surface area contributed by atoms with Gasteiger partial charge in [0.15, 0.2) is 5.78 Å². The van der Waals surface area contributed by atoms with Crippen LogP contribution in [0.5, 0.6) is 0 Å². The second-order valence-electron chi connectivity index (χ2n) is 4.61. The zero-order valence-electron chi connectivity index (χ0n) is 11.0. The molecular formula is C16H10BrClFNO. The molecule has 0 N–H and O–H groups in total. The monoisotopic (exact) mass is 365 g/mol. The van der Waals surface area contributed by atoms with Crippen LogP contribution in [0.4, 0.5) is 4.39 Å². The van der Waals surface area contributed by atoms with Crippen LogP contribution in [-0.2, 0) is 0 Å². The number of carbonyl (C=O) groups excluding carboxylic acids is 1. The number of hydrogen-bond acceptors (Lipinski definition) is 2. The Morgan fingerprint density at radius 3 is 2.62 bits per heavy atom. The molecule has 0 aliphatic rings. The molecule has 0 bridgehead atoms. The maximum Gasteiger partial charge on any atom is 0.184 e. The van der Waals surface area contributed by atoms with Gasteiger partial charge in [-0.15, -0.1) is 0 Å². The highest BCUT2D eigenvalue weighted by atomic mass is 79.9. The highest BCUT2D eigenvalue weighted by Gasteiger charge is 2.24. The Morgan fingerprint density at radius 2 is 2.05 bits per heavy atom. The number of carbonyl (C=O) groups is 1. The van der Waals surface area contributed by atoms with Crippen LogP contribution in [0.3, 0.4) is 0 Å². The van der Waals surface area contributed by atoms with Gasteiger partial charge in [-0.1, -0.05) is 33.6 Å². The number of halogens is 3. The highest BCUT2D eigenvalue weighted by molar-refractivity contribution is 9.10. The van der Waals surface area contributed by atoms with Crippen molar-refractivity contribution in [3.05, 3.63) is 68.4 Å². The third kappa shape index (κ3) is 3.49. The number of benzene rings is 2. The predicted molar refractivity (Wildman–Crippen MR) is 83.0 cm³/mol. The first-order chi connectivity index (χ1) is 9.92. The fraction of sp³-hybridized carbons (Fsp3) is 0.125. The average molecular weight is 367 g/mol. The van der Waals surface area contributed by atoms with Crippen LogP contribution in [0.1, 0.15) is 27.4 Å². The number of aryl methyl sites for hydroxylation is 1. The van der Waals surface area contributed by atoms with E-state index in [2.05, 4.69) is 15.9 Å². The Balaban J connectivity index is 2.46.